The molecule has 1 heterocycles. The summed E-state index contributed by atoms with van der Waals surface area (Å²) in [7, 11) is 3.21. The van der Waals surface area contributed by atoms with Crippen LogP contribution in [0.5, 0.6) is 5.75 Å². The largest absolute Gasteiger partial charge is 0.495 e. The molecule has 0 atom stereocenters. The van der Waals surface area contributed by atoms with Gasteiger partial charge >= 0.3 is 0 Å². The van der Waals surface area contributed by atoms with Crippen LogP contribution in [0.15, 0.2) is 60.0 Å². The number of hydrogen-bond acceptors (Lipinski definition) is 7. The maximum Gasteiger partial charge on any atom is 0.255 e. The highest BCUT2D eigenvalue weighted by Crippen LogP contribution is 2.24. The topological polar surface area (TPSA) is 107 Å². The fraction of sp³-hybridized carbons (Fsp3) is 0.273. The highest BCUT2D eigenvalue weighted by atomic mass is 32.2. The van der Waals surface area contributed by atoms with Gasteiger partial charge in [-0.15, -0.1) is 10.2 Å². The minimum atomic E-state index is -0.268. The van der Waals surface area contributed by atoms with E-state index < -0.39 is 0 Å². The predicted molar refractivity (Wildman–Crippen MR) is 123 cm³/mol. The summed E-state index contributed by atoms with van der Waals surface area (Å²) in [5.74, 6) is 0.333. The number of hydrogen-bond donors (Lipinski definition) is 2. The zero-order valence-corrected chi connectivity index (χ0v) is 18.7. The minimum Gasteiger partial charge on any atom is -0.495 e. The van der Waals surface area contributed by atoms with E-state index in [2.05, 4.69) is 20.8 Å². The molecule has 168 valence electrons. The van der Waals surface area contributed by atoms with Crippen molar-refractivity contribution in [2.45, 2.75) is 18.1 Å². The summed E-state index contributed by atoms with van der Waals surface area (Å²) in [4.78, 5) is 24.8. The van der Waals surface area contributed by atoms with Crippen molar-refractivity contribution in [3.8, 4) is 5.75 Å². The molecule has 2 amide bonds. The molecule has 3 rings (SSSR count). The first kappa shape index (κ1) is 23.3. The lowest BCUT2D eigenvalue weighted by atomic mass is 10.2. The van der Waals surface area contributed by atoms with Gasteiger partial charge in [-0.2, -0.15) is 0 Å². The second-order valence-electron chi connectivity index (χ2n) is 6.72. The third-order valence-corrected chi connectivity index (χ3v) is 5.43. The molecule has 0 unspecified atom stereocenters. The van der Waals surface area contributed by atoms with Crippen molar-refractivity contribution in [1.82, 2.24) is 14.8 Å². The molecule has 0 aliphatic heterocycles. The maximum absolute atomic E-state index is 12.5. The molecule has 0 saturated carbocycles. The highest BCUT2D eigenvalue weighted by molar-refractivity contribution is 7.99. The van der Waals surface area contributed by atoms with E-state index in [0.29, 0.717) is 34.5 Å². The number of anilines is 2. The second kappa shape index (κ2) is 11.9. The fourth-order valence-electron chi connectivity index (χ4n) is 2.86. The Labute approximate surface area is 190 Å². The fourth-order valence-corrected chi connectivity index (χ4v) is 3.60. The number of amides is 2. The van der Waals surface area contributed by atoms with E-state index in [1.165, 1.54) is 11.8 Å². The van der Waals surface area contributed by atoms with Gasteiger partial charge in [-0.1, -0.05) is 23.9 Å². The zero-order chi connectivity index (χ0) is 22.8. The summed E-state index contributed by atoms with van der Waals surface area (Å²) in [5.41, 5.74) is 1.66. The van der Waals surface area contributed by atoms with Crippen molar-refractivity contribution in [2.24, 2.45) is 0 Å². The van der Waals surface area contributed by atoms with Crippen molar-refractivity contribution in [1.29, 1.82) is 0 Å². The van der Waals surface area contributed by atoms with Crippen LogP contribution in [-0.2, 0) is 16.1 Å². The molecular formula is C22H25N5O4S. The number of nitrogens with zero attached hydrogens (tertiary/aromatic N) is 3. The van der Waals surface area contributed by atoms with E-state index in [4.69, 9.17) is 9.47 Å². The number of rotatable bonds is 11. The summed E-state index contributed by atoms with van der Waals surface area (Å²) in [5, 5.41) is 14.3. The number of thioether (sulfide) groups is 1. The molecule has 32 heavy (non-hydrogen) atoms. The van der Waals surface area contributed by atoms with Crippen LogP contribution in [0, 0.1) is 0 Å². The Bertz CT molecular complexity index is 1040. The third kappa shape index (κ3) is 6.56. The van der Waals surface area contributed by atoms with Crippen molar-refractivity contribution < 1.29 is 19.1 Å². The van der Waals surface area contributed by atoms with Gasteiger partial charge in [0.25, 0.3) is 5.91 Å². The molecule has 10 heteroatoms. The van der Waals surface area contributed by atoms with Crippen molar-refractivity contribution in [3.63, 3.8) is 0 Å². The summed E-state index contributed by atoms with van der Waals surface area (Å²) < 4.78 is 12.2. The quantitative estimate of drug-likeness (QED) is 0.337. The Morgan fingerprint density at radius 3 is 2.59 bits per heavy atom. The first-order valence-electron chi connectivity index (χ1n) is 9.94. The van der Waals surface area contributed by atoms with Crippen LogP contribution in [0.1, 0.15) is 16.8 Å². The van der Waals surface area contributed by atoms with E-state index >= 15 is 0 Å². The van der Waals surface area contributed by atoms with E-state index in [1.54, 1.807) is 56.9 Å². The number of carbonyl (C=O) groups is 2. The minimum absolute atomic E-state index is 0.173. The van der Waals surface area contributed by atoms with Crippen LogP contribution in [-0.4, -0.2) is 53.2 Å². The molecule has 0 bridgehead atoms. The average molecular weight is 456 g/mol. The first-order chi connectivity index (χ1) is 15.6. The van der Waals surface area contributed by atoms with Gasteiger partial charge in [-0.05, 0) is 42.8 Å². The van der Waals surface area contributed by atoms with Gasteiger partial charge in [0.1, 0.15) is 12.1 Å². The first-order valence-corrected chi connectivity index (χ1v) is 10.9. The molecule has 2 aromatic carbocycles. The van der Waals surface area contributed by atoms with E-state index in [-0.39, 0.29) is 17.6 Å². The van der Waals surface area contributed by atoms with Gasteiger partial charge in [-0.3, -0.25) is 9.59 Å². The number of benzene rings is 2. The standard InChI is InChI=1S/C22H25N5O4S/c1-30-13-5-12-27-15-23-26-22(27)32-14-20(28)24-17-10-8-16(9-11-17)21(29)25-18-6-3-4-7-19(18)31-2/h3-4,6-11,15H,5,12-14H2,1-2H3,(H,24,28)(H,25,29). The van der Waals surface area contributed by atoms with Crippen LogP contribution in [0.4, 0.5) is 11.4 Å². The van der Waals surface area contributed by atoms with Crippen LogP contribution >= 0.6 is 11.8 Å². The second-order valence-corrected chi connectivity index (χ2v) is 7.66. The zero-order valence-electron chi connectivity index (χ0n) is 17.9. The van der Waals surface area contributed by atoms with Crippen LogP contribution in [0.3, 0.4) is 0 Å². The maximum atomic E-state index is 12.5. The molecule has 3 aromatic rings. The number of carbonyl (C=O) groups excluding carboxylic acids is 2. The summed E-state index contributed by atoms with van der Waals surface area (Å²) in [6.45, 7) is 1.37. The van der Waals surface area contributed by atoms with Crippen LogP contribution in [0.2, 0.25) is 0 Å². The molecular weight excluding hydrogens is 430 g/mol. The Hall–Kier alpha value is -3.37. The Morgan fingerprint density at radius 2 is 1.84 bits per heavy atom. The van der Waals surface area contributed by atoms with Gasteiger partial charge in [0.05, 0.1) is 18.6 Å². The van der Waals surface area contributed by atoms with E-state index in [9.17, 15) is 9.59 Å². The highest BCUT2D eigenvalue weighted by Gasteiger charge is 2.11. The van der Waals surface area contributed by atoms with E-state index in [1.807, 2.05) is 16.7 Å². The monoisotopic (exact) mass is 455 g/mol. The predicted octanol–water partition coefficient (Wildman–Crippen LogP) is 3.31. The summed E-state index contributed by atoms with van der Waals surface area (Å²) >= 11 is 1.31. The Kier molecular flexibility index (Phi) is 8.64. The van der Waals surface area contributed by atoms with Crippen LogP contribution < -0.4 is 15.4 Å². The van der Waals surface area contributed by atoms with Gasteiger partial charge in [0.2, 0.25) is 5.91 Å². The summed E-state index contributed by atoms with van der Waals surface area (Å²) in [6.07, 6.45) is 2.48. The summed E-state index contributed by atoms with van der Waals surface area (Å²) in [6, 6.07) is 13.9. The molecule has 0 radical (unpaired) electrons. The molecule has 0 fully saturated rings. The smallest absolute Gasteiger partial charge is 0.255 e. The van der Waals surface area contributed by atoms with Crippen molar-refractivity contribution in [3.05, 3.63) is 60.4 Å². The van der Waals surface area contributed by atoms with E-state index in [0.717, 1.165) is 13.0 Å². The number of methoxy groups -OCH3 is 2. The van der Waals surface area contributed by atoms with Gasteiger partial charge in [0.15, 0.2) is 5.16 Å². The number of nitrogens with one attached hydrogen (secondary N) is 2. The number of aromatic nitrogens is 3. The average Bonchev–Trinajstić information content (AvgIpc) is 3.26. The lowest BCUT2D eigenvalue weighted by Gasteiger charge is -2.10. The molecule has 0 aliphatic rings. The SMILES string of the molecule is COCCCn1cnnc1SCC(=O)Nc1ccc(C(=O)Nc2ccccc2OC)cc1. The number of ether oxygens (including phenoxy) is 2. The lowest BCUT2D eigenvalue weighted by molar-refractivity contribution is -0.113. The molecule has 9 nitrogen and oxygen atoms in total. The normalized spacial score (nSPS) is 10.6. The molecule has 0 spiro atoms. The van der Waals surface area contributed by atoms with Gasteiger partial charge < -0.3 is 24.7 Å². The molecule has 0 saturated heterocycles. The van der Waals surface area contributed by atoms with Gasteiger partial charge in [-0.25, -0.2) is 0 Å². The molecule has 2 N–H and O–H groups in total. The van der Waals surface area contributed by atoms with Crippen molar-refractivity contribution >= 4 is 35.0 Å². The number of aryl methyl sites for hydroxylation is 1. The lowest BCUT2D eigenvalue weighted by Crippen LogP contribution is -2.15. The van der Waals surface area contributed by atoms with Crippen LogP contribution in [0.25, 0.3) is 0 Å². The third-order valence-electron chi connectivity index (χ3n) is 4.45. The molecule has 0 aliphatic carbocycles. The Balaban J connectivity index is 1.50. The Morgan fingerprint density at radius 1 is 1.06 bits per heavy atom. The molecule has 1 aromatic heterocycles. The van der Waals surface area contributed by atoms with Gasteiger partial charge in [0, 0.05) is 31.5 Å². The number of para-hydroxylation sites is 2. The van der Waals surface area contributed by atoms with Crippen molar-refractivity contribution in [2.75, 3.05) is 37.2 Å².